The number of dihydropyridines is 1. The molecule has 2 atom stereocenters. The minimum atomic E-state index is 0.0538. The Kier molecular flexibility index (Phi) is 5.67. The van der Waals surface area contributed by atoms with Gasteiger partial charge in [0.1, 0.15) is 6.04 Å². The van der Waals surface area contributed by atoms with Gasteiger partial charge in [-0.15, -0.1) is 0 Å². The second kappa shape index (κ2) is 10.00. The van der Waals surface area contributed by atoms with Gasteiger partial charge in [-0.3, -0.25) is 4.99 Å². The largest absolute Gasteiger partial charge is 0.282 e. The summed E-state index contributed by atoms with van der Waals surface area (Å²) in [5, 5.41) is 7.56. The number of aliphatic imine (C=N–C) groups is 1. The number of hydrogen-bond donors (Lipinski definition) is 0. The molecule has 6 aromatic carbocycles. The minimum Gasteiger partial charge on any atom is -0.282 e. The summed E-state index contributed by atoms with van der Waals surface area (Å²) >= 11 is 0. The van der Waals surface area contributed by atoms with Gasteiger partial charge in [-0.1, -0.05) is 133 Å². The zero-order valence-corrected chi connectivity index (χ0v) is 24.1. The highest BCUT2D eigenvalue weighted by Crippen LogP contribution is 2.44. The number of nitrogens with zero attached hydrogens (tertiary/aromatic N) is 2. The van der Waals surface area contributed by atoms with Gasteiger partial charge in [0, 0.05) is 17.7 Å². The van der Waals surface area contributed by atoms with Crippen LogP contribution in [0.3, 0.4) is 0 Å². The van der Waals surface area contributed by atoms with E-state index in [1.165, 1.54) is 54.6 Å². The normalized spacial score (nSPS) is 16.8. The molecule has 1 aromatic heterocycles. The van der Waals surface area contributed by atoms with Crippen molar-refractivity contribution in [2.24, 2.45) is 10.9 Å². The fourth-order valence-electron chi connectivity index (χ4n) is 7.09. The monoisotopic (exact) mass is 560 g/mol. The van der Waals surface area contributed by atoms with Crippen LogP contribution in [0.25, 0.3) is 71.9 Å². The molecule has 0 bridgehead atoms. The van der Waals surface area contributed by atoms with Gasteiger partial charge in [0.05, 0.1) is 11.4 Å². The minimum absolute atomic E-state index is 0.0538. The lowest BCUT2D eigenvalue weighted by molar-refractivity contribution is 0.594. The molecule has 206 valence electrons. The first-order chi connectivity index (χ1) is 21.8. The van der Waals surface area contributed by atoms with E-state index in [0.29, 0.717) is 0 Å². The van der Waals surface area contributed by atoms with E-state index < -0.39 is 0 Å². The first-order valence-electron chi connectivity index (χ1n) is 15.2. The summed E-state index contributed by atoms with van der Waals surface area (Å²) in [5.74, 6) is 0.275. The molecule has 9 rings (SSSR count). The Hall–Kier alpha value is -5.60. The van der Waals surface area contributed by atoms with Crippen LogP contribution in [-0.4, -0.2) is 11.2 Å². The fourth-order valence-corrected chi connectivity index (χ4v) is 7.09. The van der Waals surface area contributed by atoms with Crippen molar-refractivity contribution in [3.8, 4) is 33.5 Å². The van der Waals surface area contributed by atoms with Gasteiger partial charge < -0.3 is 0 Å². The van der Waals surface area contributed by atoms with Gasteiger partial charge in [-0.2, -0.15) is 0 Å². The number of aromatic nitrogens is 1. The Bertz CT molecular complexity index is 2280. The van der Waals surface area contributed by atoms with E-state index in [-0.39, 0.29) is 12.0 Å². The quantitative estimate of drug-likeness (QED) is 0.197. The van der Waals surface area contributed by atoms with Crippen molar-refractivity contribution >= 4 is 44.6 Å². The summed E-state index contributed by atoms with van der Waals surface area (Å²) in [7, 11) is 0. The van der Waals surface area contributed by atoms with Gasteiger partial charge in [-0.05, 0) is 78.3 Å². The van der Waals surface area contributed by atoms with Crippen LogP contribution >= 0.6 is 0 Å². The molecular formula is C42H28N2. The third kappa shape index (κ3) is 3.95. The zero-order valence-electron chi connectivity index (χ0n) is 24.1. The van der Waals surface area contributed by atoms with Crippen LogP contribution in [0.1, 0.15) is 17.3 Å². The predicted molar refractivity (Wildman–Crippen MR) is 186 cm³/mol. The third-order valence-electron chi connectivity index (χ3n) is 9.21. The van der Waals surface area contributed by atoms with Crippen molar-refractivity contribution < 1.29 is 0 Å². The Balaban J connectivity index is 1.19. The summed E-state index contributed by atoms with van der Waals surface area (Å²) in [4.78, 5) is 9.90. The molecule has 2 aliphatic rings. The lowest BCUT2D eigenvalue weighted by Gasteiger charge is -2.26. The van der Waals surface area contributed by atoms with Crippen LogP contribution in [-0.2, 0) is 0 Å². The van der Waals surface area contributed by atoms with Crippen LogP contribution in [0.4, 0.5) is 0 Å². The predicted octanol–water partition coefficient (Wildman–Crippen LogP) is 10.9. The maximum atomic E-state index is 5.14. The van der Waals surface area contributed by atoms with Gasteiger partial charge in [0.15, 0.2) is 0 Å². The van der Waals surface area contributed by atoms with Gasteiger partial charge in [0.2, 0.25) is 0 Å². The number of rotatable bonds is 3. The maximum Gasteiger partial charge on any atom is 0.102 e. The molecule has 0 N–H and O–H groups in total. The Morgan fingerprint density at radius 2 is 1.11 bits per heavy atom. The topological polar surface area (TPSA) is 25.2 Å². The van der Waals surface area contributed by atoms with Gasteiger partial charge >= 0.3 is 0 Å². The van der Waals surface area contributed by atoms with Crippen molar-refractivity contribution in [1.82, 2.24) is 4.98 Å². The summed E-state index contributed by atoms with van der Waals surface area (Å²) in [6, 6.07) is 46.4. The number of allylic oxidation sites excluding steroid dienone is 1. The number of hydrogen-bond acceptors (Lipinski definition) is 2. The van der Waals surface area contributed by atoms with Crippen LogP contribution in [0.2, 0.25) is 0 Å². The highest BCUT2D eigenvalue weighted by atomic mass is 14.9. The average molecular weight is 561 g/mol. The molecule has 2 unspecified atom stereocenters. The van der Waals surface area contributed by atoms with E-state index in [1.807, 2.05) is 12.3 Å². The zero-order chi connectivity index (χ0) is 29.0. The Morgan fingerprint density at radius 3 is 1.84 bits per heavy atom. The average Bonchev–Trinajstić information content (AvgIpc) is 3.10. The molecule has 0 saturated heterocycles. The summed E-state index contributed by atoms with van der Waals surface area (Å²) < 4.78 is 0. The summed E-state index contributed by atoms with van der Waals surface area (Å²) in [6.45, 7) is 0. The molecule has 7 aromatic rings. The van der Waals surface area contributed by atoms with Crippen molar-refractivity contribution in [2.75, 3.05) is 0 Å². The van der Waals surface area contributed by atoms with E-state index in [1.54, 1.807) is 0 Å². The van der Waals surface area contributed by atoms with Gasteiger partial charge in [0.25, 0.3) is 0 Å². The van der Waals surface area contributed by atoms with E-state index in [0.717, 1.165) is 22.5 Å². The van der Waals surface area contributed by atoms with Crippen LogP contribution < -0.4 is 0 Å². The number of fused-ring (bicyclic) bond motifs is 6. The molecule has 44 heavy (non-hydrogen) atoms. The van der Waals surface area contributed by atoms with Crippen molar-refractivity contribution in [1.29, 1.82) is 0 Å². The Morgan fingerprint density at radius 1 is 0.500 bits per heavy atom. The molecule has 0 spiro atoms. The molecule has 2 heteroatoms. The summed E-state index contributed by atoms with van der Waals surface area (Å²) in [5.41, 5.74) is 9.30. The standard InChI is InChI=1S/C42H28N2/c1-2-9-32-26-33(22-15-27(32)8-1)40-36-13-5-3-11-34(36)39(35-12-4-6-14-37(35)40)29-18-16-28(17-19-29)38-24-23-31-21-20-30-10-7-25-43-41(30)42(31)44-38/h1-26,30,41H. The van der Waals surface area contributed by atoms with Crippen LogP contribution in [0.15, 0.2) is 151 Å². The molecule has 0 fully saturated rings. The van der Waals surface area contributed by atoms with Crippen molar-refractivity contribution in [3.63, 3.8) is 0 Å². The lowest BCUT2D eigenvalue weighted by Crippen LogP contribution is -2.16. The summed E-state index contributed by atoms with van der Waals surface area (Å²) in [6.07, 6.45) is 10.5. The van der Waals surface area contributed by atoms with E-state index in [9.17, 15) is 0 Å². The van der Waals surface area contributed by atoms with Crippen LogP contribution in [0, 0.1) is 5.92 Å². The second-order valence-corrected chi connectivity index (χ2v) is 11.7. The molecule has 2 nitrogen and oxygen atoms in total. The maximum absolute atomic E-state index is 5.14. The van der Waals surface area contributed by atoms with E-state index >= 15 is 0 Å². The van der Waals surface area contributed by atoms with E-state index in [2.05, 4.69) is 146 Å². The molecular weight excluding hydrogens is 532 g/mol. The van der Waals surface area contributed by atoms with E-state index in [4.69, 9.17) is 9.98 Å². The molecule has 1 aliphatic heterocycles. The first-order valence-corrected chi connectivity index (χ1v) is 15.2. The smallest absolute Gasteiger partial charge is 0.102 e. The van der Waals surface area contributed by atoms with Crippen molar-refractivity contribution in [3.05, 3.63) is 157 Å². The molecule has 0 radical (unpaired) electrons. The highest BCUT2D eigenvalue weighted by Gasteiger charge is 2.27. The third-order valence-corrected chi connectivity index (χ3v) is 9.21. The second-order valence-electron chi connectivity index (χ2n) is 11.7. The SMILES string of the molecule is C1=CC2C=Cc3ccc(-c4ccc(-c5c6ccccc6c(-c6ccc7ccccc7c6)c6ccccc56)cc4)nc3C2N=C1. The van der Waals surface area contributed by atoms with Crippen molar-refractivity contribution in [2.45, 2.75) is 6.04 Å². The number of pyridine rings is 1. The van der Waals surface area contributed by atoms with Gasteiger partial charge in [-0.25, -0.2) is 4.98 Å². The fraction of sp³-hybridized carbons (Fsp3) is 0.0476. The molecule has 1 aliphatic carbocycles. The molecule has 0 saturated carbocycles. The highest BCUT2D eigenvalue weighted by molar-refractivity contribution is 6.21. The lowest BCUT2D eigenvalue weighted by atomic mass is 9.85. The van der Waals surface area contributed by atoms with Crippen LogP contribution in [0.5, 0.6) is 0 Å². The number of benzene rings is 6. The molecule has 0 amide bonds. The molecule has 2 heterocycles. The Labute approximate surface area is 256 Å². The first kappa shape index (κ1) is 24.9.